The molecule has 1 fully saturated rings. The van der Waals surface area contributed by atoms with Crippen molar-refractivity contribution in [3.05, 3.63) is 35.9 Å². The highest BCUT2D eigenvalue weighted by Gasteiger charge is 2.29. The first-order valence-electron chi connectivity index (χ1n) is 7.83. The van der Waals surface area contributed by atoms with Crippen LogP contribution in [0.5, 0.6) is 0 Å². The molecule has 0 saturated heterocycles. The molecule has 0 aliphatic heterocycles. The van der Waals surface area contributed by atoms with Crippen molar-refractivity contribution in [1.29, 1.82) is 0 Å². The van der Waals surface area contributed by atoms with Gasteiger partial charge in [-0.3, -0.25) is 0 Å². The predicted molar refractivity (Wildman–Crippen MR) is 91.6 cm³/mol. The molecule has 20 heavy (non-hydrogen) atoms. The molecule has 1 aliphatic carbocycles. The number of nitrogens with zero attached hydrogens (tertiary/aromatic N) is 1. The number of rotatable bonds is 5. The van der Waals surface area contributed by atoms with Crippen molar-refractivity contribution >= 4 is 15.9 Å². The summed E-state index contributed by atoms with van der Waals surface area (Å²) in [5, 5.41) is 1.04. The molecule has 1 nitrogen and oxygen atoms in total. The molecule has 0 heterocycles. The van der Waals surface area contributed by atoms with Crippen LogP contribution in [-0.4, -0.2) is 29.9 Å². The van der Waals surface area contributed by atoms with E-state index < -0.39 is 0 Å². The lowest BCUT2D eigenvalue weighted by molar-refractivity contribution is 0.124. The minimum absolute atomic E-state index is 0.561. The Kier molecular flexibility index (Phi) is 5.68. The lowest BCUT2D eigenvalue weighted by Gasteiger charge is -2.39. The summed E-state index contributed by atoms with van der Waals surface area (Å²) >= 11 is 3.70. The maximum atomic E-state index is 3.70. The van der Waals surface area contributed by atoms with Crippen molar-refractivity contribution in [2.24, 2.45) is 5.41 Å². The van der Waals surface area contributed by atoms with Gasteiger partial charge in [0.25, 0.3) is 0 Å². The van der Waals surface area contributed by atoms with E-state index >= 15 is 0 Å². The summed E-state index contributed by atoms with van der Waals surface area (Å²) in [7, 11) is 2.31. The molecule has 1 unspecified atom stereocenters. The molecule has 1 saturated carbocycles. The Morgan fingerprint density at radius 1 is 1.20 bits per heavy atom. The highest BCUT2D eigenvalue weighted by molar-refractivity contribution is 9.09. The minimum atomic E-state index is 0.561. The van der Waals surface area contributed by atoms with Gasteiger partial charge in [-0.25, -0.2) is 0 Å². The molecular formula is C18H28BrN. The van der Waals surface area contributed by atoms with Gasteiger partial charge < -0.3 is 4.90 Å². The smallest absolute Gasteiger partial charge is 0.0112 e. The number of halogens is 1. The van der Waals surface area contributed by atoms with Gasteiger partial charge in [0.1, 0.15) is 0 Å². The highest BCUT2D eigenvalue weighted by atomic mass is 79.9. The van der Waals surface area contributed by atoms with Crippen molar-refractivity contribution in [3.8, 4) is 0 Å². The fourth-order valence-corrected chi connectivity index (χ4v) is 3.87. The predicted octanol–water partition coefficient (Wildman–Crippen LogP) is 5.07. The van der Waals surface area contributed by atoms with Crippen LogP contribution in [0.4, 0.5) is 0 Å². The Morgan fingerprint density at radius 2 is 1.80 bits per heavy atom. The van der Waals surface area contributed by atoms with Crippen LogP contribution in [0.25, 0.3) is 0 Å². The van der Waals surface area contributed by atoms with Crippen LogP contribution in [0.1, 0.15) is 51.0 Å². The van der Waals surface area contributed by atoms with E-state index in [-0.39, 0.29) is 0 Å². The van der Waals surface area contributed by atoms with E-state index in [0.717, 1.165) is 17.9 Å². The molecular weight excluding hydrogens is 310 g/mol. The SMILES string of the molecule is CN(CC(CBr)c1ccccc1)C1CCC(C)(C)CC1. The number of hydrogen-bond acceptors (Lipinski definition) is 1. The van der Waals surface area contributed by atoms with Gasteiger partial charge >= 0.3 is 0 Å². The molecule has 0 aromatic heterocycles. The Labute approximate surface area is 132 Å². The quantitative estimate of drug-likeness (QED) is 0.678. The van der Waals surface area contributed by atoms with E-state index in [4.69, 9.17) is 0 Å². The molecule has 1 atom stereocenters. The second-order valence-corrected chi connectivity index (χ2v) is 7.74. The topological polar surface area (TPSA) is 3.24 Å². The average Bonchev–Trinajstić information content (AvgIpc) is 2.45. The van der Waals surface area contributed by atoms with E-state index in [2.05, 4.69) is 72.1 Å². The maximum absolute atomic E-state index is 3.70. The van der Waals surface area contributed by atoms with Gasteiger partial charge in [0.2, 0.25) is 0 Å². The second-order valence-electron chi connectivity index (χ2n) is 7.10. The van der Waals surface area contributed by atoms with Crippen molar-refractivity contribution in [2.45, 2.75) is 51.5 Å². The van der Waals surface area contributed by atoms with Crippen LogP contribution in [0.3, 0.4) is 0 Å². The molecule has 1 aliphatic rings. The summed E-state index contributed by atoms with van der Waals surface area (Å²) in [6, 6.07) is 11.7. The van der Waals surface area contributed by atoms with Gasteiger partial charge in [-0.05, 0) is 43.7 Å². The molecule has 1 aromatic carbocycles. The van der Waals surface area contributed by atoms with Gasteiger partial charge in [-0.15, -0.1) is 0 Å². The Bertz CT molecular complexity index is 391. The van der Waals surface area contributed by atoms with Gasteiger partial charge in [0.15, 0.2) is 0 Å². The number of likely N-dealkylation sites (N-methyl/N-ethyl adjacent to an activating group) is 1. The molecule has 2 heteroatoms. The van der Waals surface area contributed by atoms with Crippen molar-refractivity contribution in [2.75, 3.05) is 18.9 Å². The fraction of sp³-hybridized carbons (Fsp3) is 0.667. The summed E-state index contributed by atoms with van der Waals surface area (Å²) in [4.78, 5) is 2.59. The molecule has 0 bridgehead atoms. The third-order valence-corrected chi connectivity index (χ3v) is 5.68. The van der Waals surface area contributed by atoms with Crippen LogP contribution in [0.15, 0.2) is 30.3 Å². The van der Waals surface area contributed by atoms with Crippen LogP contribution in [-0.2, 0) is 0 Å². The third kappa shape index (κ3) is 4.33. The van der Waals surface area contributed by atoms with E-state index in [9.17, 15) is 0 Å². The average molecular weight is 338 g/mol. The summed E-state index contributed by atoms with van der Waals surface area (Å²) in [5.74, 6) is 0.594. The molecule has 0 radical (unpaired) electrons. The van der Waals surface area contributed by atoms with Crippen molar-refractivity contribution in [3.63, 3.8) is 0 Å². The highest BCUT2D eigenvalue weighted by Crippen LogP contribution is 2.37. The van der Waals surface area contributed by atoms with Crippen LogP contribution < -0.4 is 0 Å². The summed E-state index contributed by atoms with van der Waals surface area (Å²) in [6.07, 6.45) is 5.44. The molecule has 0 spiro atoms. The first-order valence-corrected chi connectivity index (χ1v) is 8.95. The first-order chi connectivity index (χ1) is 9.52. The summed E-state index contributed by atoms with van der Waals surface area (Å²) < 4.78 is 0. The largest absolute Gasteiger partial charge is 0.303 e. The molecule has 0 amide bonds. The van der Waals surface area contributed by atoms with Gasteiger partial charge in [0.05, 0.1) is 0 Å². The number of benzene rings is 1. The minimum Gasteiger partial charge on any atom is -0.303 e. The summed E-state index contributed by atoms with van der Waals surface area (Å²) in [6.45, 7) is 5.98. The van der Waals surface area contributed by atoms with Gasteiger partial charge in [-0.1, -0.05) is 60.1 Å². The zero-order chi connectivity index (χ0) is 14.6. The van der Waals surface area contributed by atoms with E-state index in [1.807, 2.05) is 0 Å². The lowest BCUT2D eigenvalue weighted by atomic mass is 9.75. The van der Waals surface area contributed by atoms with E-state index in [1.54, 1.807) is 0 Å². The fourth-order valence-electron chi connectivity index (χ4n) is 3.29. The van der Waals surface area contributed by atoms with Gasteiger partial charge in [0, 0.05) is 23.8 Å². The number of alkyl halides is 1. The standard InChI is InChI=1S/C18H28BrN/c1-18(2)11-9-17(10-12-18)20(3)14-16(13-19)15-7-5-4-6-8-15/h4-8,16-17H,9-14H2,1-3H3. The Morgan fingerprint density at radius 3 is 2.35 bits per heavy atom. The van der Waals surface area contributed by atoms with Crippen LogP contribution >= 0.6 is 15.9 Å². The van der Waals surface area contributed by atoms with Crippen LogP contribution in [0.2, 0.25) is 0 Å². The Balaban J connectivity index is 1.91. The zero-order valence-corrected chi connectivity index (χ0v) is 14.7. The van der Waals surface area contributed by atoms with Gasteiger partial charge in [-0.2, -0.15) is 0 Å². The van der Waals surface area contributed by atoms with E-state index in [1.165, 1.54) is 31.2 Å². The van der Waals surface area contributed by atoms with Crippen LogP contribution in [0, 0.1) is 5.41 Å². The van der Waals surface area contributed by atoms with E-state index in [0.29, 0.717) is 11.3 Å². The maximum Gasteiger partial charge on any atom is 0.0112 e. The normalized spacial score (nSPS) is 21.1. The molecule has 112 valence electrons. The molecule has 1 aromatic rings. The molecule has 2 rings (SSSR count). The molecule has 0 N–H and O–H groups in total. The first kappa shape index (κ1) is 16.0. The summed E-state index contributed by atoms with van der Waals surface area (Å²) in [5.41, 5.74) is 2.01. The monoisotopic (exact) mass is 337 g/mol. The third-order valence-electron chi connectivity index (χ3n) is 4.90. The van der Waals surface area contributed by atoms with Crippen molar-refractivity contribution in [1.82, 2.24) is 4.90 Å². The number of hydrogen-bond donors (Lipinski definition) is 0. The Hall–Kier alpha value is -0.340. The second kappa shape index (κ2) is 7.09. The lowest BCUT2D eigenvalue weighted by Crippen LogP contribution is -2.39. The zero-order valence-electron chi connectivity index (χ0n) is 13.1. The van der Waals surface area contributed by atoms with Crippen molar-refractivity contribution < 1.29 is 0 Å².